The van der Waals surface area contributed by atoms with Crippen LogP contribution in [0, 0.1) is 5.41 Å². The van der Waals surface area contributed by atoms with Crippen molar-refractivity contribution < 1.29 is 19.4 Å². The van der Waals surface area contributed by atoms with Gasteiger partial charge in [0, 0.05) is 6.04 Å². The molecule has 0 bridgehead atoms. The van der Waals surface area contributed by atoms with E-state index in [-0.39, 0.29) is 18.7 Å². The summed E-state index contributed by atoms with van der Waals surface area (Å²) < 4.78 is 5.31. The van der Waals surface area contributed by atoms with Crippen molar-refractivity contribution in [3.05, 3.63) is 0 Å². The highest BCUT2D eigenvalue weighted by Crippen LogP contribution is 2.35. The molecule has 2 rings (SSSR count). The van der Waals surface area contributed by atoms with E-state index < -0.39 is 11.6 Å². The number of carboxylic acids is 1. The summed E-state index contributed by atoms with van der Waals surface area (Å²) in [5.74, 6) is -0.983. The number of carboxylic acid groups (broad SMARTS) is 1. The number of nitrogens with one attached hydrogen (secondary N) is 1. The monoisotopic (exact) mass is 298 g/mol. The summed E-state index contributed by atoms with van der Waals surface area (Å²) in [6.07, 6.45) is 4.41. The first-order valence-electron chi connectivity index (χ1n) is 7.60. The highest BCUT2D eigenvalue weighted by molar-refractivity contribution is 5.76. The third-order valence-corrected chi connectivity index (χ3v) is 4.41. The summed E-state index contributed by atoms with van der Waals surface area (Å²) >= 11 is 0. The fraction of sp³-hybridized carbons (Fsp3) is 0.867. The van der Waals surface area contributed by atoms with Crippen LogP contribution >= 0.6 is 0 Å². The number of urea groups is 1. The number of hydrogen-bond acceptors (Lipinski definition) is 3. The van der Waals surface area contributed by atoms with Gasteiger partial charge in [-0.3, -0.25) is 0 Å². The Labute approximate surface area is 125 Å². The molecule has 1 aliphatic carbocycles. The van der Waals surface area contributed by atoms with E-state index in [1.807, 2.05) is 6.92 Å². The minimum absolute atomic E-state index is 0.0610. The first-order chi connectivity index (χ1) is 9.69. The van der Waals surface area contributed by atoms with Gasteiger partial charge in [-0.05, 0) is 31.6 Å². The second kappa shape index (κ2) is 5.83. The van der Waals surface area contributed by atoms with Gasteiger partial charge >= 0.3 is 12.0 Å². The Morgan fingerprint density at radius 1 is 1.33 bits per heavy atom. The van der Waals surface area contributed by atoms with Crippen LogP contribution in [0.4, 0.5) is 4.79 Å². The van der Waals surface area contributed by atoms with Gasteiger partial charge in [0.15, 0.2) is 0 Å². The largest absolute Gasteiger partial charge is 0.480 e. The van der Waals surface area contributed by atoms with Crippen LogP contribution in [-0.4, -0.2) is 53.3 Å². The van der Waals surface area contributed by atoms with E-state index in [4.69, 9.17) is 9.84 Å². The Bertz CT molecular complexity index is 416. The molecule has 120 valence electrons. The average molecular weight is 298 g/mol. The molecule has 0 aromatic rings. The summed E-state index contributed by atoms with van der Waals surface area (Å²) in [5.41, 5.74) is -0.230. The summed E-state index contributed by atoms with van der Waals surface area (Å²) in [7, 11) is 0. The van der Waals surface area contributed by atoms with Crippen LogP contribution < -0.4 is 5.32 Å². The lowest BCUT2D eigenvalue weighted by Gasteiger charge is -2.47. The van der Waals surface area contributed by atoms with E-state index >= 15 is 0 Å². The molecule has 6 heteroatoms. The molecule has 0 radical (unpaired) electrons. The van der Waals surface area contributed by atoms with E-state index in [0.717, 1.165) is 19.3 Å². The van der Waals surface area contributed by atoms with Gasteiger partial charge in [0.25, 0.3) is 0 Å². The zero-order valence-electron chi connectivity index (χ0n) is 13.1. The lowest BCUT2D eigenvalue weighted by Crippen LogP contribution is -2.66. The Kier molecular flexibility index (Phi) is 4.46. The number of ether oxygens (including phenoxy) is 1. The van der Waals surface area contributed by atoms with Crippen molar-refractivity contribution in [3.8, 4) is 0 Å². The Morgan fingerprint density at radius 2 is 2.00 bits per heavy atom. The highest BCUT2D eigenvalue weighted by atomic mass is 16.5. The van der Waals surface area contributed by atoms with Crippen molar-refractivity contribution in [2.45, 2.75) is 58.1 Å². The zero-order valence-corrected chi connectivity index (χ0v) is 13.1. The predicted octanol–water partition coefficient (Wildman–Crippen LogP) is 1.84. The predicted molar refractivity (Wildman–Crippen MR) is 78.1 cm³/mol. The van der Waals surface area contributed by atoms with Crippen LogP contribution in [0.1, 0.15) is 46.5 Å². The Balaban J connectivity index is 1.75. The molecule has 6 nitrogen and oxygen atoms in total. The first kappa shape index (κ1) is 16.1. The van der Waals surface area contributed by atoms with Crippen molar-refractivity contribution >= 4 is 12.0 Å². The fourth-order valence-corrected chi connectivity index (χ4v) is 3.32. The molecule has 0 spiro atoms. The third-order valence-electron chi connectivity index (χ3n) is 4.41. The van der Waals surface area contributed by atoms with Crippen molar-refractivity contribution in [2.75, 3.05) is 19.7 Å². The van der Waals surface area contributed by atoms with Crippen LogP contribution in [0.25, 0.3) is 0 Å². The molecule has 0 aromatic heterocycles. The molecule has 2 amide bonds. The smallest absolute Gasteiger partial charge is 0.329 e. The number of rotatable bonds is 4. The lowest BCUT2D eigenvalue weighted by molar-refractivity contribution is -0.159. The minimum Gasteiger partial charge on any atom is -0.480 e. The molecule has 1 atom stereocenters. The molecule has 2 N–H and O–H groups in total. The maximum atomic E-state index is 12.2. The van der Waals surface area contributed by atoms with E-state index in [1.54, 1.807) is 4.90 Å². The molecule has 1 saturated carbocycles. The molecule has 2 aliphatic rings. The molecular weight excluding hydrogens is 272 g/mol. The fourth-order valence-electron chi connectivity index (χ4n) is 3.32. The second-order valence-corrected chi connectivity index (χ2v) is 7.40. The van der Waals surface area contributed by atoms with Crippen molar-refractivity contribution in [3.63, 3.8) is 0 Å². The zero-order chi connectivity index (χ0) is 15.7. The second-order valence-electron chi connectivity index (χ2n) is 7.40. The molecule has 1 unspecified atom stereocenters. The SMILES string of the molecule is CC1(C)CCCC(NC(=O)N2CC(C)(OCC(=O)O)C2)C1. The van der Waals surface area contributed by atoms with Crippen molar-refractivity contribution in [1.82, 2.24) is 10.2 Å². The number of nitrogens with zero attached hydrogens (tertiary/aromatic N) is 1. The summed E-state index contributed by atoms with van der Waals surface area (Å²) in [4.78, 5) is 24.4. The number of hydrogen-bond donors (Lipinski definition) is 2. The molecule has 1 aliphatic heterocycles. The number of likely N-dealkylation sites (tertiary alicyclic amines) is 1. The van der Waals surface area contributed by atoms with E-state index in [0.29, 0.717) is 18.5 Å². The average Bonchev–Trinajstić information content (AvgIpc) is 2.31. The van der Waals surface area contributed by atoms with Gasteiger partial charge in [-0.15, -0.1) is 0 Å². The maximum Gasteiger partial charge on any atom is 0.329 e. The van der Waals surface area contributed by atoms with E-state index in [2.05, 4.69) is 19.2 Å². The number of amides is 2. The molecule has 1 saturated heterocycles. The first-order valence-corrected chi connectivity index (χ1v) is 7.60. The highest BCUT2D eigenvalue weighted by Gasteiger charge is 2.43. The Hall–Kier alpha value is -1.30. The normalized spacial score (nSPS) is 26.8. The molecule has 2 fully saturated rings. The molecular formula is C15H26N2O4. The van der Waals surface area contributed by atoms with Crippen LogP contribution in [0.2, 0.25) is 0 Å². The quantitative estimate of drug-likeness (QED) is 0.830. The number of aliphatic carboxylic acids is 1. The number of carbonyl (C=O) groups is 2. The van der Waals surface area contributed by atoms with Gasteiger partial charge < -0.3 is 20.1 Å². The van der Waals surface area contributed by atoms with Gasteiger partial charge in [0.1, 0.15) is 12.2 Å². The van der Waals surface area contributed by atoms with Crippen LogP contribution in [0.5, 0.6) is 0 Å². The van der Waals surface area contributed by atoms with E-state index in [1.165, 1.54) is 6.42 Å². The maximum absolute atomic E-state index is 12.2. The third kappa shape index (κ3) is 4.33. The van der Waals surface area contributed by atoms with Gasteiger partial charge in [0.05, 0.1) is 13.1 Å². The number of carbonyl (C=O) groups excluding carboxylic acids is 1. The Morgan fingerprint density at radius 3 is 2.57 bits per heavy atom. The van der Waals surface area contributed by atoms with Gasteiger partial charge in [0.2, 0.25) is 0 Å². The minimum atomic E-state index is -0.983. The van der Waals surface area contributed by atoms with Crippen molar-refractivity contribution in [1.29, 1.82) is 0 Å². The topological polar surface area (TPSA) is 78.9 Å². The summed E-state index contributed by atoms with van der Waals surface area (Å²) in [6, 6.07) is 0.183. The molecule has 0 aromatic carbocycles. The van der Waals surface area contributed by atoms with Crippen LogP contribution in [0.15, 0.2) is 0 Å². The summed E-state index contributed by atoms with van der Waals surface area (Å²) in [5, 5.41) is 11.7. The van der Waals surface area contributed by atoms with E-state index in [9.17, 15) is 9.59 Å². The summed E-state index contributed by atoms with van der Waals surface area (Å²) in [6.45, 7) is 6.90. The molecule has 1 heterocycles. The standard InChI is InChI=1S/C15H26N2O4/c1-14(2)6-4-5-11(7-14)16-13(20)17-9-15(3,10-17)21-8-12(18)19/h11H,4-10H2,1-3H3,(H,16,20)(H,18,19). The lowest BCUT2D eigenvalue weighted by atomic mass is 9.75. The van der Waals surface area contributed by atoms with Gasteiger partial charge in [-0.2, -0.15) is 0 Å². The van der Waals surface area contributed by atoms with Crippen LogP contribution in [-0.2, 0) is 9.53 Å². The van der Waals surface area contributed by atoms with Crippen LogP contribution in [0.3, 0.4) is 0 Å². The van der Waals surface area contributed by atoms with Crippen molar-refractivity contribution in [2.24, 2.45) is 5.41 Å². The van der Waals surface area contributed by atoms with Gasteiger partial charge in [-0.25, -0.2) is 9.59 Å². The molecule has 21 heavy (non-hydrogen) atoms. The van der Waals surface area contributed by atoms with Gasteiger partial charge in [-0.1, -0.05) is 20.3 Å².